The first-order chi connectivity index (χ1) is 6.76. The fourth-order valence-electron chi connectivity index (χ4n) is 0.920. The van der Waals surface area contributed by atoms with Gasteiger partial charge in [0.15, 0.2) is 0 Å². The molecule has 0 bridgehead atoms. The van der Waals surface area contributed by atoms with Crippen LogP contribution in [0.4, 0.5) is 0 Å². The summed E-state index contributed by atoms with van der Waals surface area (Å²) >= 11 is 0. The largest absolute Gasteiger partial charge is 0.425 e. The highest BCUT2D eigenvalue weighted by Crippen LogP contribution is 2.14. The van der Waals surface area contributed by atoms with E-state index in [4.69, 9.17) is 15.2 Å². The molecule has 15 heavy (non-hydrogen) atoms. The third kappa shape index (κ3) is 6.87. The van der Waals surface area contributed by atoms with Gasteiger partial charge in [0.1, 0.15) is 0 Å². The molecule has 0 heterocycles. The minimum atomic E-state index is -1.24. The van der Waals surface area contributed by atoms with Crippen molar-refractivity contribution in [2.75, 3.05) is 6.54 Å². The highest BCUT2D eigenvalue weighted by molar-refractivity contribution is 5.68. The number of aliphatic hydroxyl groups is 1. The van der Waals surface area contributed by atoms with Gasteiger partial charge in [-0.05, 0) is 6.92 Å². The maximum atomic E-state index is 10.7. The van der Waals surface area contributed by atoms with Crippen LogP contribution in [-0.4, -0.2) is 35.5 Å². The van der Waals surface area contributed by atoms with E-state index in [9.17, 15) is 14.7 Å². The minimum Gasteiger partial charge on any atom is -0.425 e. The molecule has 1 unspecified atom stereocenters. The number of rotatable bonds is 5. The van der Waals surface area contributed by atoms with Gasteiger partial charge >= 0.3 is 11.9 Å². The van der Waals surface area contributed by atoms with Crippen LogP contribution in [0.5, 0.6) is 0 Å². The van der Waals surface area contributed by atoms with Crippen LogP contribution in [0, 0.1) is 0 Å². The summed E-state index contributed by atoms with van der Waals surface area (Å²) in [6.07, 6.45) is -1.15. The van der Waals surface area contributed by atoms with E-state index in [2.05, 4.69) is 0 Å². The van der Waals surface area contributed by atoms with Gasteiger partial charge in [-0.2, -0.15) is 0 Å². The van der Waals surface area contributed by atoms with E-state index in [1.54, 1.807) is 0 Å². The van der Waals surface area contributed by atoms with Crippen LogP contribution in [0.15, 0.2) is 0 Å². The Morgan fingerprint density at radius 2 is 1.73 bits per heavy atom. The molecule has 0 radical (unpaired) electrons. The van der Waals surface area contributed by atoms with Crippen molar-refractivity contribution in [2.45, 2.75) is 39.1 Å². The maximum Gasteiger partial charge on any atom is 0.305 e. The fourth-order valence-corrected chi connectivity index (χ4v) is 0.920. The lowest BCUT2D eigenvalue weighted by Crippen LogP contribution is -2.40. The van der Waals surface area contributed by atoms with Crippen LogP contribution in [-0.2, 0) is 19.1 Å². The lowest BCUT2D eigenvalue weighted by molar-refractivity contribution is -0.192. The van der Waals surface area contributed by atoms with E-state index < -0.39 is 23.8 Å². The fraction of sp³-hybridized carbons (Fsp3) is 0.778. The van der Waals surface area contributed by atoms with Gasteiger partial charge in [-0.25, -0.2) is 0 Å². The lowest BCUT2D eigenvalue weighted by atomic mass is 10.0. The first-order valence-electron chi connectivity index (χ1n) is 4.54. The van der Waals surface area contributed by atoms with Gasteiger partial charge in [-0.1, -0.05) is 0 Å². The van der Waals surface area contributed by atoms with Crippen LogP contribution in [0.25, 0.3) is 0 Å². The molecule has 0 spiro atoms. The Morgan fingerprint density at radius 1 is 1.33 bits per heavy atom. The molecule has 6 heteroatoms. The molecule has 6 nitrogen and oxygen atoms in total. The zero-order valence-corrected chi connectivity index (χ0v) is 9.15. The minimum absolute atomic E-state index is 0.0218. The third-order valence-electron chi connectivity index (χ3n) is 1.64. The standard InChI is InChI=1S/C9H17NO5/c1-6(11)14-8(15-7(2)12)4-9(3,13)5-10/h8,13H,4-5,10H2,1-3H3. The summed E-state index contributed by atoms with van der Waals surface area (Å²) in [5.41, 5.74) is 4.04. The summed E-state index contributed by atoms with van der Waals surface area (Å²) in [6.45, 7) is 3.82. The summed E-state index contributed by atoms with van der Waals surface area (Å²) < 4.78 is 9.40. The average Bonchev–Trinajstić information content (AvgIpc) is 2.00. The van der Waals surface area contributed by atoms with Gasteiger partial charge in [0, 0.05) is 20.4 Å². The molecular weight excluding hydrogens is 202 g/mol. The molecular formula is C9H17NO5. The van der Waals surface area contributed by atoms with Crippen molar-refractivity contribution in [1.82, 2.24) is 0 Å². The van der Waals surface area contributed by atoms with Gasteiger partial charge < -0.3 is 20.3 Å². The zero-order chi connectivity index (χ0) is 12.1. The van der Waals surface area contributed by atoms with E-state index in [1.807, 2.05) is 0 Å². The number of hydrogen-bond acceptors (Lipinski definition) is 6. The Morgan fingerprint density at radius 3 is 2.00 bits per heavy atom. The molecule has 0 saturated carbocycles. The van der Waals surface area contributed by atoms with Crippen molar-refractivity contribution in [2.24, 2.45) is 5.73 Å². The van der Waals surface area contributed by atoms with Crippen LogP contribution in [0.1, 0.15) is 27.2 Å². The summed E-state index contributed by atoms with van der Waals surface area (Å²) in [5.74, 6) is -1.18. The van der Waals surface area contributed by atoms with Gasteiger partial charge in [-0.3, -0.25) is 9.59 Å². The second kappa shape index (κ2) is 5.67. The van der Waals surface area contributed by atoms with Gasteiger partial charge in [0.2, 0.25) is 6.29 Å². The highest BCUT2D eigenvalue weighted by atomic mass is 16.7. The molecule has 0 aromatic carbocycles. The van der Waals surface area contributed by atoms with Crippen LogP contribution in [0.2, 0.25) is 0 Å². The summed E-state index contributed by atoms with van der Waals surface area (Å²) in [6, 6.07) is 0. The van der Waals surface area contributed by atoms with Crippen molar-refractivity contribution >= 4 is 11.9 Å². The Kier molecular flexibility index (Phi) is 5.24. The maximum absolute atomic E-state index is 10.7. The molecule has 0 aromatic rings. The van der Waals surface area contributed by atoms with Crippen molar-refractivity contribution in [1.29, 1.82) is 0 Å². The predicted octanol–water partition coefficient (Wildman–Crippen LogP) is -0.462. The summed E-state index contributed by atoms with van der Waals surface area (Å²) in [5, 5.41) is 9.61. The molecule has 0 aliphatic carbocycles. The molecule has 0 aromatic heterocycles. The Labute approximate surface area is 88.3 Å². The highest BCUT2D eigenvalue weighted by Gasteiger charge is 2.27. The smallest absolute Gasteiger partial charge is 0.305 e. The van der Waals surface area contributed by atoms with Crippen LogP contribution in [0.3, 0.4) is 0 Å². The van der Waals surface area contributed by atoms with Gasteiger partial charge in [0.05, 0.1) is 12.0 Å². The van der Waals surface area contributed by atoms with E-state index in [-0.39, 0.29) is 13.0 Å². The number of carbonyl (C=O) groups excluding carboxylic acids is 2. The second-order valence-corrected chi connectivity index (χ2v) is 3.55. The van der Waals surface area contributed by atoms with Crippen molar-refractivity contribution in [3.05, 3.63) is 0 Å². The number of nitrogens with two attached hydrogens (primary N) is 1. The monoisotopic (exact) mass is 219 g/mol. The number of esters is 2. The Bertz CT molecular complexity index is 223. The first-order valence-corrected chi connectivity index (χ1v) is 4.54. The number of carbonyl (C=O) groups is 2. The van der Waals surface area contributed by atoms with Crippen molar-refractivity contribution in [3.8, 4) is 0 Å². The third-order valence-corrected chi connectivity index (χ3v) is 1.64. The second-order valence-electron chi connectivity index (χ2n) is 3.55. The molecule has 0 aliphatic rings. The van der Waals surface area contributed by atoms with Crippen LogP contribution < -0.4 is 5.73 Å². The quantitative estimate of drug-likeness (QED) is 0.479. The lowest BCUT2D eigenvalue weighted by Gasteiger charge is -2.26. The molecule has 0 amide bonds. The zero-order valence-electron chi connectivity index (χ0n) is 9.15. The molecule has 0 saturated heterocycles. The van der Waals surface area contributed by atoms with Gasteiger partial charge in [-0.15, -0.1) is 0 Å². The van der Waals surface area contributed by atoms with Crippen LogP contribution >= 0.6 is 0 Å². The molecule has 0 aliphatic heterocycles. The molecule has 88 valence electrons. The molecule has 0 rings (SSSR count). The van der Waals surface area contributed by atoms with Gasteiger partial charge in [0.25, 0.3) is 0 Å². The number of hydrogen-bond donors (Lipinski definition) is 2. The molecule has 1 atom stereocenters. The van der Waals surface area contributed by atoms with E-state index in [0.717, 1.165) is 0 Å². The first kappa shape index (κ1) is 13.9. The van der Waals surface area contributed by atoms with E-state index in [1.165, 1.54) is 20.8 Å². The predicted molar refractivity (Wildman–Crippen MR) is 51.6 cm³/mol. The SMILES string of the molecule is CC(=O)OC(CC(C)(O)CN)OC(C)=O. The average molecular weight is 219 g/mol. The summed E-state index contributed by atoms with van der Waals surface area (Å²) in [7, 11) is 0. The van der Waals surface area contributed by atoms with Crippen molar-refractivity contribution in [3.63, 3.8) is 0 Å². The molecule has 0 fully saturated rings. The summed E-state index contributed by atoms with van der Waals surface area (Å²) in [4.78, 5) is 21.4. The van der Waals surface area contributed by atoms with Crippen molar-refractivity contribution < 1.29 is 24.2 Å². The number of ether oxygens (including phenoxy) is 2. The Hall–Kier alpha value is -1.14. The Balaban J connectivity index is 4.36. The molecule has 3 N–H and O–H groups in total. The topological polar surface area (TPSA) is 98.8 Å². The normalized spacial score (nSPS) is 14.5. The van der Waals surface area contributed by atoms with E-state index in [0.29, 0.717) is 0 Å². The van der Waals surface area contributed by atoms with E-state index >= 15 is 0 Å².